The minimum Gasteiger partial charge on any atom is -0.384 e. The highest BCUT2D eigenvalue weighted by Gasteiger charge is 2.31. The second-order valence-electron chi connectivity index (χ2n) is 4.43. The number of nitrogens with one attached hydrogen (secondary N) is 1. The molecule has 108 valence electrons. The largest absolute Gasteiger partial charge is 0.416 e. The molecule has 0 amide bonds. The van der Waals surface area contributed by atoms with Crippen LogP contribution in [0.2, 0.25) is 0 Å². The van der Waals surface area contributed by atoms with Gasteiger partial charge in [-0.25, -0.2) is 4.98 Å². The van der Waals surface area contributed by atoms with Crippen LogP contribution in [0.4, 0.5) is 30.5 Å². The first-order valence-electron chi connectivity index (χ1n) is 5.92. The quantitative estimate of drug-likeness (QED) is 0.886. The van der Waals surface area contributed by atoms with E-state index in [1.807, 2.05) is 6.07 Å². The minimum atomic E-state index is -4.50. The number of anilines is 3. The molecule has 4 nitrogen and oxygen atoms in total. The monoisotopic (exact) mass is 292 g/mol. The number of hydrogen-bond donors (Lipinski definition) is 2. The number of pyridine rings is 1. The van der Waals surface area contributed by atoms with Crippen LogP contribution in [-0.4, -0.2) is 4.98 Å². The summed E-state index contributed by atoms with van der Waals surface area (Å²) in [6, 6.07) is 8.45. The molecule has 0 aliphatic carbocycles. The van der Waals surface area contributed by atoms with Crippen LogP contribution in [0.15, 0.2) is 30.3 Å². The molecule has 0 fully saturated rings. The fraction of sp³-hybridized carbons (Fsp3) is 0.143. The Balaban J connectivity index is 2.41. The Morgan fingerprint density at radius 1 is 1.24 bits per heavy atom. The van der Waals surface area contributed by atoms with Crippen LogP contribution >= 0.6 is 0 Å². The molecule has 0 unspecified atom stereocenters. The molecule has 2 rings (SSSR count). The molecule has 0 radical (unpaired) electrons. The number of aromatic nitrogens is 1. The molecule has 0 aliphatic heterocycles. The maximum atomic E-state index is 12.7. The topological polar surface area (TPSA) is 74.7 Å². The zero-order valence-electron chi connectivity index (χ0n) is 11.0. The van der Waals surface area contributed by atoms with Crippen LogP contribution in [0.25, 0.3) is 0 Å². The number of nitriles is 1. The zero-order chi connectivity index (χ0) is 15.6. The van der Waals surface area contributed by atoms with E-state index in [1.165, 1.54) is 6.07 Å². The summed E-state index contributed by atoms with van der Waals surface area (Å²) < 4.78 is 38.2. The molecule has 0 saturated heterocycles. The summed E-state index contributed by atoms with van der Waals surface area (Å²) in [7, 11) is 0. The average Bonchev–Trinajstić information content (AvgIpc) is 2.39. The molecule has 7 heteroatoms. The fourth-order valence-corrected chi connectivity index (χ4v) is 1.74. The molecular weight excluding hydrogens is 281 g/mol. The molecule has 0 spiro atoms. The number of aryl methyl sites for hydroxylation is 1. The van der Waals surface area contributed by atoms with E-state index in [9.17, 15) is 13.2 Å². The maximum absolute atomic E-state index is 12.7. The molecule has 1 heterocycles. The van der Waals surface area contributed by atoms with Crippen LogP contribution in [0.1, 0.15) is 16.7 Å². The standard InChI is InChI=1S/C14H11F3N4/c1-8-2-3-9(7-18)4-11(8)20-13-6-10(14(15,16)17)5-12(19)21-13/h2-6H,1H3,(H3,19,20,21). The van der Waals surface area contributed by atoms with Crippen LogP contribution in [0, 0.1) is 18.3 Å². The molecule has 21 heavy (non-hydrogen) atoms. The third kappa shape index (κ3) is 3.42. The van der Waals surface area contributed by atoms with Crippen molar-refractivity contribution in [1.82, 2.24) is 4.98 Å². The first-order chi connectivity index (χ1) is 9.79. The number of alkyl halides is 3. The van der Waals surface area contributed by atoms with Crippen molar-refractivity contribution in [3.63, 3.8) is 0 Å². The van der Waals surface area contributed by atoms with Crippen LogP contribution in [-0.2, 0) is 6.18 Å². The molecule has 1 aromatic carbocycles. The lowest BCUT2D eigenvalue weighted by Crippen LogP contribution is -2.08. The van der Waals surface area contributed by atoms with E-state index in [-0.39, 0.29) is 11.6 Å². The van der Waals surface area contributed by atoms with Gasteiger partial charge < -0.3 is 11.1 Å². The summed E-state index contributed by atoms with van der Waals surface area (Å²) in [6.07, 6.45) is -4.50. The van der Waals surface area contributed by atoms with Crippen molar-refractivity contribution in [3.05, 3.63) is 47.0 Å². The highest BCUT2D eigenvalue weighted by Crippen LogP contribution is 2.32. The number of nitrogen functional groups attached to an aromatic ring is 1. The van der Waals surface area contributed by atoms with Crippen LogP contribution < -0.4 is 11.1 Å². The molecule has 0 saturated carbocycles. The summed E-state index contributed by atoms with van der Waals surface area (Å²) in [5, 5.41) is 11.6. The Morgan fingerprint density at radius 2 is 1.95 bits per heavy atom. The van der Waals surface area contributed by atoms with Gasteiger partial charge in [0.15, 0.2) is 0 Å². The number of rotatable bonds is 2. The predicted molar refractivity (Wildman–Crippen MR) is 72.8 cm³/mol. The Labute approximate surface area is 119 Å². The Morgan fingerprint density at radius 3 is 2.57 bits per heavy atom. The summed E-state index contributed by atoms with van der Waals surface area (Å²) in [5.74, 6) is -0.262. The maximum Gasteiger partial charge on any atom is 0.416 e. The Bertz CT molecular complexity index is 717. The number of halogens is 3. The van der Waals surface area contributed by atoms with Crippen LogP contribution in [0.3, 0.4) is 0 Å². The zero-order valence-corrected chi connectivity index (χ0v) is 11.0. The van der Waals surface area contributed by atoms with Crippen LogP contribution in [0.5, 0.6) is 0 Å². The van der Waals surface area contributed by atoms with Gasteiger partial charge in [0.25, 0.3) is 0 Å². The number of hydrogen-bond acceptors (Lipinski definition) is 4. The van der Waals surface area contributed by atoms with E-state index in [1.54, 1.807) is 19.1 Å². The second-order valence-corrected chi connectivity index (χ2v) is 4.43. The summed E-state index contributed by atoms with van der Waals surface area (Å²) in [4.78, 5) is 3.82. The fourth-order valence-electron chi connectivity index (χ4n) is 1.74. The number of nitrogens with two attached hydrogens (primary N) is 1. The van der Waals surface area contributed by atoms with Gasteiger partial charge in [0.05, 0.1) is 17.2 Å². The summed E-state index contributed by atoms with van der Waals surface area (Å²) in [6.45, 7) is 1.76. The molecule has 0 bridgehead atoms. The Hall–Kier alpha value is -2.75. The van der Waals surface area contributed by atoms with Crippen molar-refractivity contribution in [2.75, 3.05) is 11.1 Å². The van der Waals surface area contributed by atoms with Crippen molar-refractivity contribution in [3.8, 4) is 6.07 Å². The van der Waals surface area contributed by atoms with Gasteiger partial charge in [0.2, 0.25) is 0 Å². The third-order valence-electron chi connectivity index (χ3n) is 2.80. The molecular formula is C14H11F3N4. The number of nitrogens with zero attached hydrogens (tertiary/aromatic N) is 2. The van der Waals surface area contributed by atoms with Crippen molar-refractivity contribution in [2.45, 2.75) is 13.1 Å². The lowest BCUT2D eigenvalue weighted by Gasteiger charge is -2.13. The lowest BCUT2D eigenvalue weighted by atomic mass is 10.1. The first kappa shape index (κ1) is 14.7. The van der Waals surface area contributed by atoms with Crippen molar-refractivity contribution >= 4 is 17.3 Å². The first-order valence-corrected chi connectivity index (χ1v) is 5.92. The van der Waals surface area contributed by atoms with Gasteiger partial charge in [0.1, 0.15) is 11.6 Å². The highest BCUT2D eigenvalue weighted by molar-refractivity contribution is 5.64. The van der Waals surface area contributed by atoms with Gasteiger partial charge in [-0.05, 0) is 36.8 Å². The van der Waals surface area contributed by atoms with Crippen molar-refractivity contribution in [1.29, 1.82) is 5.26 Å². The normalized spacial score (nSPS) is 11.0. The lowest BCUT2D eigenvalue weighted by molar-refractivity contribution is -0.137. The van der Waals surface area contributed by atoms with Crippen molar-refractivity contribution < 1.29 is 13.2 Å². The molecule has 2 aromatic rings. The van der Waals surface area contributed by atoms with Crippen molar-refractivity contribution in [2.24, 2.45) is 0 Å². The van der Waals surface area contributed by atoms with E-state index in [4.69, 9.17) is 11.0 Å². The molecule has 0 aliphatic rings. The average molecular weight is 292 g/mol. The SMILES string of the molecule is Cc1ccc(C#N)cc1Nc1cc(C(F)(F)F)cc(N)n1. The van der Waals surface area contributed by atoms with Gasteiger partial charge >= 0.3 is 6.18 Å². The summed E-state index contributed by atoms with van der Waals surface area (Å²) >= 11 is 0. The van der Waals surface area contributed by atoms with Gasteiger partial charge in [-0.1, -0.05) is 6.07 Å². The second kappa shape index (κ2) is 5.32. The van der Waals surface area contributed by atoms with Gasteiger partial charge in [-0.2, -0.15) is 18.4 Å². The molecule has 1 aromatic heterocycles. The van der Waals surface area contributed by atoms with E-state index in [0.717, 1.165) is 17.7 Å². The van der Waals surface area contributed by atoms with E-state index in [2.05, 4.69) is 10.3 Å². The van der Waals surface area contributed by atoms with Gasteiger partial charge in [0, 0.05) is 5.69 Å². The predicted octanol–water partition coefficient (Wildman–Crippen LogP) is 3.61. The Kier molecular flexibility index (Phi) is 3.72. The molecule has 0 atom stereocenters. The smallest absolute Gasteiger partial charge is 0.384 e. The van der Waals surface area contributed by atoms with E-state index < -0.39 is 11.7 Å². The van der Waals surface area contributed by atoms with Gasteiger partial charge in [-0.3, -0.25) is 0 Å². The highest BCUT2D eigenvalue weighted by atomic mass is 19.4. The summed E-state index contributed by atoms with van der Waals surface area (Å²) in [5.41, 5.74) is 6.18. The third-order valence-corrected chi connectivity index (χ3v) is 2.80. The van der Waals surface area contributed by atoms with E-state index in [0.29, 0.717) is 11.3 Å². The van der Waals surface area contributed by atoms with E-state index >= 15 is 0 Å². The van der Waals surface area contributed by atoms with Gasteiger partial charge in [-0.15, -0.1) is 0 Å². The minimum absolute atomic E-state index is 0.0273. The number of benzene rings is 1. The molecule has 3 N–H and O–H groups in total.